The number of aromatic nitrogens is 2. The van der Waals surface area contributed by atoms with Gasteiger partial charge in [-0.2, -0.15) is 0 Å². The van der Waals surface area contributed by atoms with Crippen LogP contribution in [0.1, 0.15) is 29.8 Å². The molecule has 1 amide bonds. The summed E-state index contributed by atoms with van der Waals surface area (Å²) in [6, 6.07) is 3.59. The van der Waals surface area contributed by atoms with Gasteiger partial charge >= 0.3 is 0 Å². The van der Waals surface area contributed by atoms with E-state index in [-0.39, 0.29) is 5.91 Å². The lowest BCUT2D eigenvalue weighted by Crippen LogP contribution is -2.45. The fraction of sp³-hybridized carbons (Fsp3) is 0.706. The van der Waals surface area contributed by atoms with E-state index in [1.807, 2.05) is 20.2 Å². The number of rotatable bonds is 6. The van der Waals surface area contributed by atoms with Gasteiger partial charge in [0.1, 0.15) is 0 Å². The number of carbonyl (C=O) groups excluding carboxylic acids is 1. The number of amides is 1. The van der Waals surface area contributed by atoms with Gasteiger partial charge in [0, 0.05) is 32.5 Å². The summed E-state index contributed by atoms with van der Waals surface area (Å²) < 4.78 is 11.5. The molecule has 2 saturated heterocycles. The number of ether oxygens (including phenoxy) is 2. The lowest BCUT2D eigenvalue weighted by atomic mass is 10.0. The van der Waals surface area contributed by atoms with E-state index in [1.165, 1.54) is 0 Å². The Morgan fingerprint density at radius 3 is 2.56 bits per heavy atom. The smallest absolute Gasteiger partial charge is 0.271 e. The molecule has 1 spiro atoms. The van der Waals surface area contributed by atoms with Crippen LogP contribution in [0.3, 0.4) is 0 Å². The molecule has 8 heteroatoms. The van der Waals surface area contributed by atoms with Crippen LogP contribution in [0.4, 0.5) is 5.82 Å². The van der Waals surface area contributed by atoms with Gasteiger partial charge < -0.3 is 24.6 Å². The quantitative estimate of drug-likeness (QED) is 0.749. The monoisotopic (exact) mass is 349 g/mol. The summed E-state index contributed by atoms with van der Waals surface area (Å²) in [5, 5.41) is 11.2. The first-order chi connectivity index (χ1) is 12.1. The van der Waals surface area contributed by atoms with E-state index in [2.05, 4.69) is 25.3 Å². The lowest BCUT2D eigenvalue weighted by molar-refractivity contribution is -0.169. The molecule has 2 fully saturated rings. The summed E-state index contributed by atoms with van der Waals surface area (Å²) in [4.78, 5) is 16.3. The zero-order valence-electron chi connectivity index (χ0n) is 15.0. The Balaban J connectivity index is 1.48. The number of hydrogen-bond donors (Lipinski definition) is 1. The first-order valence-corrected chi connectivity index (χ1v) is 8.87. The third-order valence-electron chi connectivity index (χ3n) is 4.61. The molecule has 25 heavy (non-hydrogen) atoms. The maximum Gasteiger partial charge on any atom is 0.271 e. The highest BCUT2D eigenvalue weighted by Gasteiger charge is 2.40. The number of nitrogens with one attached hydrogen (secondary N) is 1. The Morgan fingerprint density at radius 2 is 1.96 bits per heavy atom. The van der Waals surface area contributed by atoms with E-state index >= 15 is 0 Å². The van der Waals surface area contributed by atoms with Crippen molar-refractivity contribution in [2.45, 2.75) is 25.0 Å². The number of hydrogen-bond acceptors (Lipinski definition) is 7. The zero-order valence-corrected chi connectivity index (χ0v) is 15.0. The molecule has 0 aliphatic carbocycles. The Hall–Kier alpha value is -1.77. The summed E-state index contributed by atoms with van der Waals surface area (Å²) >= 11 is 0. The topological polar surface area (TPSA) is 79.8 Å². The minimum absolute atomic E-state index is 0.178. The number of nitrogens with zero attached hydrogens (tertiary/aromatic N) is 4. The third kappa shape index (κ3) is 4.65. The van der Waals surface area contributed by atoms with Crippen LogP contribution >= 0.6 is 0 Å². The van der Waals surface area contributed by atoms with Crippen molar-refractivity contribution in [1.29, 1.82) is 0 Å². The standard InChI is InChI=1S/C17H27N5O3/c1-21(2)9-3-8-18-16(23)14-4-5-15(20-19-14)22-10-6-17(7-11-22)24-12-13-25-17/h4-5H,3,6-13H2,1-2H3,(H,18,23). The van der Waals surface area contributed by atoms with Crippen LogP contribution in [0.15, 0.2) is 12.1 Å². The molecule has 2 aliphatic heterocycles. The molecule has 2 aliphatic rings. The first kappa shape index (κ1) is 18.0. The van der Waals surface area contributed by atoms with Crippen LogP contribution in [-0.4, -0.2) is 80.3 Å². The molecule has 0 bridgehead atoms. The Morgan fingerprint density at radius 1 is 1.24 bits per heavy atom. The second-order valence-electron chi connectivity index (χ2n) is 6.78. The second kappa shape index (κ2) is 8.07. The van der Waals surface area contributed by atoms with Gasteiger partial charge in [0.25, 0.3) is 5.91 Å². The average Bonchev–Trinajstić information content (AvgIpc) is 3.07. The minimum Gasteiger partial charge on any atom is -0.355 e. The van der Waals surface area contributed by atoms with Crippen molar-refractivity contribution in [3.8, 4) is 0 Å². The van der Waals surface area contributed by atoms with Crippen LogP contribution in [0.25, 0.3) is 0 Å². The SMILES string of the molecule is CN(C)CCCNC(=O)c1ccc(N2CCC3(CC2)OCCO3)nn1. The molecule has 0 atom stereocenters. The molecule has 3 heterocycles. The van der Waals surface area contributed by atoms with Gasteiger partial charge in [-0.1, -0.05) is 0 Å². The van der Waals surface area contributed by atoms with E-state index in [1.54, 1.807) is 6.07 Å². The Labute approximate surface area is 148 Å². The van der Waals surface area contributed by atoms with Crippen molar-refractivity contribution in [3.05, 3.63) is 17.8 Å². The third-order valence-corrected chi connectivity index (χ3v) is 4.61. The zero-order chi connectivity index (χ0) is 17.7. The van der Waals surface area contributed by atoms with Gasteiger partial charge in [-0.15, -0.1) is 10.2 Å². The summed E-state index contributed by atoms with van der Waals surface area (Å²) in [6.45, 7) is 4.55. The van der Waals surface area contributed by atoms with Crippen LogP contribution in [0, 0.1) is 0 Å². The van der Waals surface area contributed by atoms with E-state index in [4.69, 9.17) is 9.47 Å². The highest BCUT2D eigenvalue weighted by atomic mass is 16.7. The van der Waals surface area contributed by atoms with Crippen LogP contribution in [-0.2, 0) is 9.47 Å². The molecule has 1 aromatic rings. The van der Waals surface area contributed by atoms with Gasteiger partial charge in [-0.3, -0.25) is 4.79 Å². The van der Waals surface area contributed by atoms with Gasteiger partial charge in [-0.05, 0) is 39.2 Å². The first-order valence-electron chi connectivity index (χ1n) is 8.87. The molecular weight excluding hydrogens is 322 g/mol. The van der Waals surface area contributed by atoms with Gasteiger partial charge in [0.05, 0.1) is 13.2 Å². The molecule has 1 aromatic heterocycles. The molecule has 8 nitrogen and oxygen atoms in total. The number of carbonyl (C=O) groups is 1. The molecule has 3 rings (SSSR count). The number of piperidine rings is 1. The summed E-state index contributed by atoms with van der Waals surface area (Å²) in [6.07, 6.45) is 2.55. The molecule has 0 aromatic carbocycles. The number of anilines is 1. The highest BCUT2D eigenvalue weighted by Crippen LogP contribution is 2.32. The predicted octanol–water partition coefficient (Wildman–Crippen LogP) is 0.501. The fourth-order valence-electron chi connectivity index (χ4n) is 3.16. The molecular formula is C17H27N5O3. The van der Waals surface area contributed by atoms with Crippen molar-refractivity contribution < 1.29 is 14.3 Å². The van der Waals surface area contributed by atoms with Crippen molar-refractivity contribution >= 4 is 11.7 Å². The van der Waals surface area contributed by atoms with Crippen molar-refractivity contribution in [3.63, 3.8) is 0 Å². The van der Waals surface area contributed by atoms with Gasteiger partial charge in [0.15, 0.2) is 17.3 Å². The Bertz CT molecular complexity index is 562. The van der Waals surface area contributed by atoms with Crippen LogP contribution < -0.4 is 10.2 Å². The largest absolute Gasteiger partial charge is 0.355 e. The lowest BCUT2D eigenvalue weighted by Gasteiger charge is -2.37. The summed E-state index contributed by atoms with van der Waals surface area (Å²) in [5.41, 5.74) is 0.351. The molecule has 0 unspecified atom stereocenters. The minimum atomic E-state index is -0.393. The second-order valence-corrected chi connectivity index (χ2v) is 6.78. The maximum atomic E-state index is 12.1. The van der Waals surface area contributed by atoms with E-state index in [0.717, 1.165) is 44.7 Å². The van der Waals surface area contributed by atoms with Crippen LogP contribution in [0.5, 0.6) is 0 Å². The van der Waals surface area contributed by atoms with Gasteiger partial charge in [-0.25, -0.2) is 0 Å². The van der Waals surface area contributed by atoms with Crippen molar-refractivity contribution in [2.75, 3.05) is 58.4 Å². The molecule has 138 valence electrons. The van der Waals surface area contributed by atoms with Crippen molar-refractivity contribution in [2.24, 2.45) is 0 Å². The molecule has 1 N–H and O–H groups in total. The maximum absolute atomic E-state index is 12.1. The molecule has 0 radical (unpaired) electrons. The van der Waals surface area contributed by atoms with Crippen LogP contribution in [0.2, 0.25) is 0 Å². The van der Waals surface area contributed by atoms with E-state index in [9.17, 15) is 4.79 Å². The highest BCUT2D eigenvalue weighted by molar-refractivity contribution is 5.92. The molecule has 0 saturated carbocycles. The fourth-order valence-corrected chi connectivity index (χ4v) is 3.16. The van der Waals surface area contributed by atoms with E-state index in [0.29, 0.717) is 25.5 Å². The average molecular weight is 349 g/mol. The van der Waals surface area contributed by atoms with Crippen molar-refractivity contribution in [1.82, 2.24) is 20.4 Å². The predicted molar refractivity (Wildman–Crippen MR) is 93.6 cm³/mol. The summed E-state index contributed by atoms with van der Waals surface area (Å²) in [5.74, 6) is 0.219. The Kier molecular flexibility index (Phi) is 5.82. The summed E-state index contributed by atoms with van der Waals surface area (Å²) in [7, 11) is 4.03. The van der Waals surface area contributed by atoms with Gasteiger partial charge in [0.2, 0.25) is 0 Å². The normalized spacial score (nSPS) is 19.6. The van der Waals surface area contributed by atoms with E-state index < -0.39 is 5.79 Å².